The fourth-order valence-electron chi connectivity index (χ4n) is 1.51. The molecular weight excluding hydrogens is 301 g/mol. The van der Waals surface area contributed by atoms with Crippen LogP contribution in [0.15, 0.2) is 34.7 Å². The monoisotopic (exact) mass is 311 g/mol. The Labute approximate surface area is 119 Å². The zero-order valence-corrected chi connectivity index (χ0v) is 11.8. The summed E-state index contributed by atoms with van der Waals surface area (Å²) in [5.41, 5.74) is -0.298. The molecule has 0 saturated heterocycles. The molecule has 0 unspecified atom stereocenters. The lowest BCUT2D eigenvalue weighted by Crippen LogP contribution is -2.26. The van der Waals surface area contributed by atoms with Gasteiger partial charge in [0.1, 0.15) is 11.9 Å². The van der Waals surface area contributed by atoms with Gasteiger partial charge in [0.2, 0.25) is 10.0 Å². The number of hydrogen-bond acceptors (Lipinski definition) is 5. The van der Waals surface area contributed by atoms with Crippen LogP contribution in [0, 0.1) is 17.1 Å². The molecule has 0 aliphatic heterocycles. The lowest BCUT2D eigenvalue weighted by molar-refractivity contribution is 0.580. The van der Waals surface area contributed by atoms with E-state index in [1.165, 1.54) is 11.3 Å². The van der Waals surface area contributed by atoms with E-state index < -0.39 is 15.8 Å². The van der Waals surface area contributed by atoms with Crippen molar-refractivity contribution in [3.05, 3.63) is 46.2 Å². The van der Waals surface area contributed by atoms with E-state index in [0.29, 0.717) is 6.42 Å². The Morgan fingerprint density at radius 2 is 2.25 bits per heavy atom. The van der Waals surface area contributed by atoms with E-state index in [2.05, 4.69) is 9.71 Å². The Hall–Kier alpha value is -1.82. The molecule has 0 bridgehead atoms. The van der Waals surface area contributed by atoms with Crippen molar-refractivity contribution in [3.8, 4) is 6.07 Å². The highest BCUT2D eigenvalue weighted by Crippen LogP contribution is 2.14. The predicted molar refractivity (Wildman–Crippen MR) is 72.1 cm³/mol. The smallest absolute Gasteiger partial charge is 0.240 e. The van der Waals surface area contributed by atoms with Gasteiger partial charge in [0.25, 0.3) is 0 Å². The summed E-state index contributed by atoms with van der Waals surface area (Å²) in [4.78, 5) is 3.91. The standard InChI is InChI=1S/C12H10FN3O2S2/c13-11-2-1-10(7-9(11)8-14)20(17,18)16-4-3-12-15-5-6-19-12/h1-2,5-7,16H,3-4H2. The van der Waals surface area contributed by atoms with Gasteiger partial charge in [-0.3, -0.25) is 0 Å². The Morgan fingerprint density at radius 1 is 1.45 bits per heavy atom. The Bertz CT molecular complexity index is 737. The number of sulfonamides is 1. The number of nitrogens with zero attached hydrogens (tertiary/aromatic N) is 2. The molecule has 0 aliphatic rings. The van der Waals surface area contributed by atoms with Crippen LogP contribution in [0.1, 0.15) is 10.6 Å². The second-order valence-electron chi connectivity index (χ2n) is 3.83. The molecule has 0 spiro atoms. The molecule has 20 heavy (non-hydrogen) atoms. The molecule has 0 saturated carbocycles. The Balaban J connectivity index is 2.08. The summed E-state index contributed by atoms with van der Waals surface area (Å²) in [6.07, 6.45) is 2.12. The lowest BCUT2D eigenvalue weighted by atomic mass is 10.2. The maximum atomic E-state index is 13.2. The van der Waals surface area contributed by atoms with Crippen LogP contribution >= 0.6 is 11.3 Å². The highest BCUT2D eigenvalue weighted by molar-refractivity contribution is 7.89. The van der Waals surface area contributed by atoms with Crippen molar-refractivity contribution in [1.82, 2.24) is 9.71 Å². The van der Waals surface area contributed by atoms with E-state index in [-0.39, 0.29) is 17.0 Å². The summed E-state index contributed by atoms with van der Waals surface area (Å²) in [7, 11) is -3.75. The van der Waals surface area contributed by atoms with Crippen molar-refractivity contribution >= 4 is 21.4 Å². The Morgan fingerprint density at radius 3 is 2.90 bits per heavy atom. The molecule has 0 fully saturated rings. The molecule has 1 heterocycles. The predicted octanol–water partition coefficient (Wildman–Crippen LogP) is 1.67. The minimum absolute atomic E-state index is 0.130. The Kier molecular flexibility index (Phi) is 4.44. The van der Waals surface area contributed by atoms with Gasteiger partial charge in [-0.15, -0.1) is 11.3 Å². The third-order valence-corrected chi connectivity index (χ3v) is 4.78. The molecule has 2 rings (SSSR count). The van der Waals surface area contributed by atoms with Gasteiger partial charge in [0, 0.05) is 24.5 Å². The lowest BCUT2D eigenvalue weighted by Gasteiger charge is -2.06. The van der Waals surface area contributed by atoms with E-state index in [0.717, 1.165) is 23.2 Å². The molecule has 1 N–H and O–H groups in total. The summed E-state index contributed by atoms with van der Waals surface area (Å²) in [6, 6.07) is 4.72. The minimum atomic E-state index is -3.75. The number of thiazole rings is 1. The van der Waals surface area contributed by atoms with Crippen LogP contribution in [0.2, 0.25) is 0 Å². The average molecular weight is 311 g/mol. The number of benzene rings is 1. The molecular formula is C12H10FN3O2S2. The molecule has 0 atom stereocenters. The third-order valence-electron chi connectivity index (χ3n) is 2.48. The number of rotatable bonds is 5. The third kappa shape index (κ3) is 3.39. The van der Waals surface area contributed by atoms with Crippen LogP contribution in [0.25, 0.3) is 0 Å². The first-order valence-corrected chi connectivity index (χ1v) is 7.97. The highest BCUT2D eigenvalue weighted by Gasteiger charge is 2.15. The van der Waals surface area contributed by atoms with Crippen molar-refractivity contribution in [2.24, 2.45) is 0 Å². The summed E-state index contributed by atoms with van der Waals surface area (Å²) < 4.78 is 39.5. The molecule has 0 aliphatic carbocycles. The average Bonchev–Trinajstić information content (AvgIpc) is 2.92. The highest BCUT2D eigenvalue weighted by atomic mass is 32.2. The van der Waals surface area contributed by atoms with Crippen LogP contribution in [-0.2, 0) is 16.4 Å². The molecule has 1 aromatic carbocycles. The number of nitrogens with one attached hydrogen (secondary N) is 1. The van der Waals surface area contributed by atoms with Gasteiger partial charge in [-0.1, -0.05) is 0 Å². The largest absolute Gasteiger partial charge is 0.250 e. The second kappa shape index (κ2) is 6.09. The second-order valence-corrected chi connectivity index (χ2v) is 6.57. The molecule has 104 valence electrons. The van der Waals surface area contributed by atoms with Crippen LogP contribution < -0.4 is 4.72 Å². The molecule has 1 aromatic heterocycles. The number of aromatic nitrogens is 1. The molecule has 2 aromatic rings. The maximum Gasteiger partial charge on any atom is 0.240 e. The van der Waals surface area contributed by atoms with Gasteiger partial charge >= 0.3 is 0 Å². The summed E-state index contributed by atoms with van der Waals surface area (Å²) >= 11 is 1.44. The zero-order valence-electron chi connectivity index (χ0n) is 10.2. The van der Waals surface area contributed by atoms with Crippen molar-refractivity contribution < 1.29 is 12.8 Å². The van der Waals surface area contributed by atoms with Crippen molar-refractivity contribution in [1.29, 1.82) is 5.26 Å². The first kappa shape index (κ1) is 14.6. The van der Waals surface area contributed by atoms with E-state index in [1.54, 1.807) is 12.3 Å². The number of nitriles is 1. The summed E-state index contributed by atoms with van der Waals surface area (Å²) in [5.74, 6) is -0.741. The molecule has 0 radical (unpaired) electrons. The van der Waals surface area contributed by atoms with E-state index in [4.69, 9.17) is 5.26 Å². The van der Waals surface area contributed by atoms with Gasteiger partial charge in [-0.05, 0) is 18.2 Å². The van der Waals surface area contributed by atoms with Crippen LogP contribution in [0.5, 0.6) is 0 Å². The van der Waals surface area contributed by atoms with Gasteiger partial charge in [-0.25, -0.2) is 22.5 Å². The molecule has 8 heteroatoms. The quantitative estimate of drug-likeness (QED) is 0.910. The topological polar surface area (TPSA) is 82.8 Å². The van der Waals surface area contributed by atoms with E-state index in [1.807, 2.05) is 5.38 Å². The number of hydrogen-bond donors (Lipinski definition) is 1. The van der Waals surface area contributed by atoms with E-state index in [9.17, 15) is 12.8 Å². The van der Waals surface area contributed by atoms with Crippen LogP contribution in [0.4, 0.5) is 4.39 Å². The zero-order chi connectivity index (χ0) is 14.6. The molecule has 0 amide bonds. The van der Waals surface area contributed by atoms with Crippen LogP contribution in [0.3, 0.4) is 0 Å². The SMILES string of the molecule is N#Cc1cc(S(=O)(=O)NCCc2nccs2)ccc1F. The summed E-state index contributed by atoms with van der Waals surface area (Å²) in [5, 5.41) is 11.3. The van der Waals surface area contributed by atoms with Gasteiger partial charge in [0.05, 0.1) is 15.5 Å². The fraction of sp³-hybridized carbons (Fsp3) is 0.167. The van der Waals surface area contributed by atoms with E-state index >= 15 is 0 Å². The fourth-order valence-corrected chi connectivity index (χ4v) is 3.19. The summed E-state index contributed by atoms with van der Waals surface area (Å²) in [6.45, 7) is 0.190. The van der Waals surface area contributed by atoms with Crippen molar-refractivity contribution in [2.45, 2.75) is 11.3 Å². The minimum Gasteiger partial charge on any atom is -0.250 e. The first-order chi connectivity index (χ1) is 9.53. The normalized spacial score (nSPS) is 11.2. The van der Waals surface area contributed by atoms with Gasteiger partial charge in [-0.2, -0.15) is 5.26 Å². The first-order valence-electron chi connectivity index (χ1n) is 5.60. The maximum absolute atomic E-state index is 13.2. The molecule has 5 nitrogen and oxygen atoms in total. The van der Waals surface area contributed by atoms with Crippen LogP contribution in [-0.4, -0.2) is 19.9 Å². The van der Waals surface area contributed by atoms with Gasteiger partial charge in [0.15, 0.2) is 0 Å². The number of halogens is 1. The van der Waals surface area contributed by atoms with Crippen molar-refractivity contribution in [3.63, 3.8) is 0 Å². The van der Waals surface area contributed by atoms with Crippen molar-refractivity contribution in [2.75, 3.05) is 6.54 Å². The van der Waals surface area contributed by atoms with Gasteiger partial charge < -0.3 is 0 Å².